The van der Waals surface area contributed by atoms with Gasteiger partial charge in [-0.3, -0.25) is 4.68 Å². The molecule has 0 saturated carbocycles. The van der Waals surface area contributed by atoms with Crippen molar-refractivity contribution < 1.29 is 8.42 Å². The third-order valence-electron chi connectivity index (χ3n) is 2.47. The Balaban J connectivity index is 2.87. The summed E-state index contributed by atoms with van der Waals surface area (Å²) in [5, 5.41) is 12.5. The number of nitriles is 1. The van der Waals surface area contributed by atoms with Crippen molar-refractivity contribution in [3.05, 3.63) is 11.4 Å². The lowest BCUT2D eigenvalue weighted by atomic mass is 10.2. The van der Waals surface area contributed by atoms with E-state index in [1.165, 1.54) is 0 Å². The number of nitrogens with zero attached hydrogens (tertiary/aromatic N) is 3. The monoisotopic (exact) mass is 275 g/mol. The zero-order valence-electron chi connectivity index (χ0n) is 9.77. The van der Waals surface area contributed by atoms with Crippen molar-refractivity contribution in [2.24, 2.45) is 0 Å². The molecule has 0 aromatic carbocycles. The minimum absolute atomic E-state index is 0.0967. The summed E-state index contributed by atoms with van der Waals surface area (Å²) >= 11 is 0. The van der Waals surface area contributed by atoms with Crippen LogP contribution in [0.1, 0.15) is 30.7 Å². The molecule has 0 spiro atoms. The summed E-state index contributed by atoms with van der Waals surface area (Å²) in [5.41, 5.74) is 0.965. The van der Waals surface area contributed by atoms with Gasteiger partial charge in [-0.25, -0.2) is 8.42 Å². The molecule has 0 fully saturated rings. The van der Waals surface area contributed by atoms with Crippen LogP contribution in [0.3, 0.4) is 0 Å². The van der Waals surface area contributed by atoms with Crippen molar-refractivity contribution in [2.75, 3.05) is 0 Å². The van der Waals surface area contributed by atoms with Gasteiger partial charge < -0.3 is 0 Å². The molecule has 0 bridgehead atoms. The van der Waals surface area contributed by atoms with Gasteiger partial charge in [-0.05, 0) is 26.7 Å². The van der Waals surface area contributed by atoms with E-state index >= 15 is 0 Å². The van der Waals surface area contributed by atoms with E-state index in [4.69, 9.17) is 15.9 Å². The fourth-order valence-electron chi connectivity index (χ4n) is 1.72. The first kappa shape index (κ1) is 14.0. The lowest BCUT2D eigenvalue weighted by Crippen LogP contribution is -2.03. The summed E-state index contributed by atoms with van der Waals surface area (Å²) in [4.78, 5) is 0.0967. The van der Waals surface area contributed by atoms with Crippen LogP contribution in [0.5, 0.6) is 0 Å². The molecule has 1 aromatic rings. The van der Waals surface area contributed by atoms with Gasteiger partial charge in [0.05, 0.1) is 17.5 Å². The van der Waals surface area contributed by atoms with E-state index in [0.29, 0.717) is 24.4 Å². The highest BCUT2D eigenvalue weighted by atomic mass is 35.7. The molecule has 0 aliphatic heterocycles. The van der Waals surface area contributed by atoms with Crippen LogP contribution in [0, 0.1) is 25.2 Å². The molecule has 1 rings (SSSR count). The summed E-state index contributed by atoms with van der Waals surface area (Å²) in [6, 6.07) is 2.06. The zero-order valence-corrected chi connectivity index (χ0v) is 11.3. The van der Waals surface area contributed by atoms with Crippen molar-refractivity contribution in [3.63, 3.8) is 0 Å². The fourth-order valence-corrected chi connectivity index (χ4v) is 3.24. The number of rotatable bonds is 5. The lowest BCUT2D eigenvalue weighted by Gasteiger charge is -2.03. The normalized spacial score (nSPS) is 11.4. The summed E-state index contributed by atoms with van der Waals surface area (Å²) in [6.45, 7) is 3.90. The molecule has 5 nitrogen and oxygen atoms in total. The maximum atomic E-state index is 11.3. The van der Waals surface area contributed by atoms with Crippen molar-refractivity contribution in [2.45, 2.75) is 44.6 Å². The topological polar surface area (TPSA) is 75.8 Å². The Labute approximate surface area is 105 Å². The standard InChI is InChI=1S/C10H14ClN3O2S/c1-8-10(17(11,15)16)9(2)14(13-8)7-5-3-4-6-12/h3-5,7H2,1-2H3. The second kappa shape index (κ2) is 5.52. The lowest BCUT2D eigenvalue weighted by molar-refractivity contribution is 0.545. The van der Waals surface area contributed by atoms with Gasteiger partial charge in [-0.2, -0.15) is 10.4 Å². The summed E-state index contributed by atoms with van der Waals surface area (Å²) in [7, 11) is 1.60. The molecule has 0 radical (unpaired) electrons. The Morgan fingerprint density at radius 2 is 2.06 bits per heavy atom. The van der Waals surface area contributed by atoms with Gasteiger partial charge in [0.25, 0.3) is 9.05 Å². The number of halogens is 1. The molecule has 0 unspecified atom stereocenters. The number of unbranched alkanes of at least 4 members (excludes halogenated alkanes) is 2. The maximum Gasteiger partial charge on any atom is 0.264 e. The van der Waals surface area contributed by atoms with Crippen molar-refractivity contribution in [1.29, 1.82) is 5.26 Å². The average Bonchev–Trinajstić information content (AvgIpc) is 2.48. The molecule has 0 aliphatic carbocycles. The van der Waals surface area contributed by atoms with Crippen molar-refractivity contribution in [3.8, 4) is 6.07 Å². The van der Waals surface area contributed by atoms with Crippen LogP contribution >= 0.6 is 10.7 Å². The molecule has 0 saturated heterocycles. The summed E-state index contributed by atoms with van der Waals surface area (Å²) in [5.74, 6) is 0. The third-order valence-corrected chi connectivity index (χ3v) is 4.01. The van der Waals surface area contributed by atoms with E-state index in [9.17, 15) is 8.42 Å². The second-order valence-corrected chi connectivity index (χ2v) is 6.28. The average molecular weight is 276 g/mol. The molecule has 0 atom stereocenters. The van der Waals surface area contributed by atoms with Crippen LogP contribution in [0.2, 0.25) is 0 Å². The molecule has 0 amide bonds. The molecule has 0 aliphatic rings. The number of hydrogen-bond donors (Lipinski definition) is 0. The van der Waals surface area contributed by atoms with Crippen molar-refractivity contribution >= 4 is 19.7 Å². The van der Waals surface area contributed by atoms with Crippen molar-refractivity contribution in [1.82, 2.24) is 9.78 Å². The van der Waals surface area contributed by atoms with Gasteiger partial charge in [0, 0.05) is 23.6 Å². The van der Waals surface area contributed by atoms with E-state index in [-0.39, 0.29) is 4.90 Å². The Bertz CT molecular complexity index is 543. The van der Waals surface area contributed by atoms with Crippen LogP contribution in [0.4, 0.5) is 0 Å². The minimum Gasteiger partial charge on any atom is -0.268 e. The Morgan fingerprint density at radius 3 is 2.53 bits per heavy atom. The molecule has 1 aromatic heterocycles. The predicted octanol–water partition coefficient (Wildman–Crippen LogP) is 2.12. The highest BCUT2D eigenvalue weighted by Gasteiger charge is 2.21. The van der Waals surface area contributed by atoms with E-state index in [1.54, 1.807) is 18.5 Å². The molecular formula is C10H14ClN3O2S. The quantitative estimate of drug-likeness (QED) is 0.609. The summed E-state index contributed by atoms with van der Waals surface area (Å²) in [6.07, 6.45) is 2.06. The predicted molar refractivity (Wildman–Crippen MR) is 64.2 cm³/mol. The van der Waals surface area contributed by atoms with Crippen LogP contribution in [0.25, 0.3) is 0 Å². The Kier molecular flexibility index (Phi) is 4.54. The SMILES string of the molecule is Cc1nn(CCCCC#N)c(C)c1S(=O)(=O)Cl. The number of hydrogen-bond acceptors (Lipinski definition) is 4. The zero-order chi connectivity index (χ0) is 13.1. The minimum atomic E-state index is -3.74. The molecule has 7 heteroatoms. The van der Waals surface area contributed by atoms with Gasteiger partial charge in [0.1, 0.15) is 4.90 Å². The molecule has 1 heterocycles. The Morgan fingerprint density at radius 1 is 1.41 bits per heavy atom. The van der Waals surface area contributed by atoms with Gasteiger partial charge in [-0.1, -0.05) is 0 Å². The third kappa shape index (κ3) is 3.45. The van der Waals surface area contributed by atoms with E-state index in [2.05, 4.69) is 11.2 Å². The van der Waals surface area contributed by atoms with E-state index < -0.39 is 9.05 Å². The summed E-state index contributed by atoms with van der Waals surface area (Å²) < 4.78 is 24.3. The Hall–Kier alpha value is -1.06. The number of aromatic nitrogens is 2. The first-order chi connectivity index (χ1) is 7.88. The van der Waals surface area contributed by atoms with Crippen LogP contribution < -0.4 is 0 Å². The van der Waals surface area contributed by atoms with E-state index in [1.807, 2.05) is 0 Å². The van der Waals surface area contributed by atoms with Gasteiger partial charge in [0.2, 0.25) is 0 Å². The number of aryl methyl sites for hydroxylation is 2. The van der Waals surface area contributed by atoms with E-state index in [0.717, 1.165) is 12.8 Å². The highest BCUT2D eigenvalue weighted by molar-refractivity contribution is 8.13. The highest BCUT2D eigenvalue weighted by Crippen LogP contribution is 2.23. The second-order valence-electron chi connectivity index (χ2n) is 3.78. The first-order valence-electron chi connectivity index (χ1n) is 5.23. The largest absolute Gasteiger partial charge is 0.268 e. The van der Waals surface area contributed by atoms with Crippen LogP contribution in [0.15, 0.2) is 4.90 Å². The molecular weight excluding hydrogens is 262 g/mol. The van der Waals surface area contributed by atoms with Gasteiger partial charge >= 0.3 is 0 Å². The van der Waals surface area contributed by atoms with Gasteiger partial charge in [0.15, 0.2) is 0 Å². The first-order valence-corrected chi connectivity index (χ1v) is 7.54. The maximum absolute atomic E-state index is 11.3. The molecule has 94 valence electrons. The van der Waals surface area contributed by atoms with Crippen LogP contribution in [-0.4, -0.2) is 18.2 Å². The van der Waals surface area contributed by atoms with Gasteiger partial charge in [-0.15, -0.1) is 0 Å². The molecule has 17 heavy (non-hydrogen) atoms. The smallest absolute Gasteiger partial charge is 0.264 e. The molecule has 0 N–H and O–H groups in total. The van der Waals surface area contributed by atoms with Crippen LogP contribution in [-0.2, 0) is 15.6 Å². The fraction of sp³-hybridized carbons (Fsp3) is 0.600.